The van der Waals surface area contributed by atoms with Crippen LogP contribution in [-0.2, 0) is 10.0 Å². The van der Waals surface area contributed by atoms with Gasteiger partial charge in [-0.3, -0.25) is 9.59 Å². The average molecular weight is 374 g/mol. The molecule has 0 saturated heterocycles. The van der Waals surface area contributed by atoms with Crippen molar-refractivity contribution in [1.29, 1.82) is 0 Å². The van der Waals surface area contributed by atoms with Crippen LogP contribution in [0.3, 0.4) is 0 Å². The maximum atomic E-state index is 12.5. The number of hydrogen-bond donors (Lipinski definition) is 1. The smallest absolute Gasteiger partial charge is 0.255 e. The summed E-state index contributed by atoms with van der Waals surface area (Å²) in [5, 5.41) is 2.72. The first-order valence-electron chi connectivity index (χ1n) is 8.32. The number of anilines is 1. The van der Waals surface area contributed by atoms with Crippen molar-refractivity contribution in [2.24, 2.45) is 0 Å². The summed E-state index contributed by atoms with van der Waals surface area (Å²) in [4.78, 5) is 23.7. The number of rotatable bonds is 7. The predicted molar refractivity (Wildman–Crippen MR) is 101 cm³/mol. The molecule has 138 valence electrons. The van der Waals surface area contributed by atoms with Gasteiger partial charge in [-0.1, -0.05) is 13.8 Å². The highest BCUT2D eigenvalue weighted by Crippen LogP contribution is 2.17. The number of carbonyl (C=O) groups is 2. The van der Waals surface area contributed by atoms with Crippen molar-refractivity contribution in [3.63, 3.8) is 0 Å². The fourth-order valence-corrected chi connectivity index (χ4v) is 3.94. The highest BCUT2D eigenvalue weighted by molar-refractivity contribution is 7.89. The van der Waals surface area contributed by atoms with Crippen LogP contribution in [0, 0.1) is 0 Å². The highest BCUT2D eigenvalue weighted by atomic mass is 32.2. The number of nitrogens with zero attached hydrogens (tertiary/aromatic N) is 1. The Labute approximate surface area is 153 Å². The molecule has 7 heteroatoms. The molecule has 0 aromatic heterocycles. The summed E-state index contributed by atoms with van der Waals surface area (Å²) >= 11 is 0. The van der Waals surface area contributed by atoms with Crippen LogP contribution in [0.2, 0.25) is 0 Å². The molecule has 0 atom stereocenters. The zero-order chi connectivity index (χ0) is 19.3. The van der Waals surface area contributed by atoms with Gasteiger partial charge in [-0.2, -0.15) is 4.31 Å². The lowest BCUT2D eigenvalue weighted by Crippen LogP contribution is -2.30. The fraction of sp³-hybridized carbons (Fsp3) is 0.263. The lowest BCUT2D eigenvalue weighted by molar-refractivity contribution is 0.101. The van der Waals surface area contributed by atoms with Crippen molar-refractivity contribution < 1.29 is 18.0 Å². The molecule has 2 aromatic carbocycles. The van der Waals surface area contributed by atoms with E-state index < -0.39 is 10.0 Å². The molecule has 0 unspecified atom stereocenters. The van der Waals surface area contributed by atoms with Gasteiger partial charge in [0.15, 0.2) is 5.78 Å². The molecule has 0 spiro atoms. The van der Waals surface area contributed by atoms with Crippen LogP contribution in [-0.4, -0.2) is 37.5 Å². The zero-order valence-electron chi connectivity index (χ0n) is 15.0. The van der Waals surface area contributed by atoms with E-state index in [0.717, 1.165) is 0 Å². The second-order valence-corrected chi connectivity index (χ2v) is 7.64. The molecule has 0 bridgehead atoms. The van der Waals surface area contributed by atoms with Crippen molar-refractivity contribution in [3.05, 3.63) is 59.7 Å². The molecule has 0 radical (unpaired) electrons. The maximum Gasteiger partial charge on any atom is 0.255 e. The van der Waals surface area contributed by atoms with Gasteiger partial charge < -0.3 is 5.32 Å². The number of carbonyl (C=O) groups excluding carboxylic acids is 2. The molecule has 0 saturated carbocycles. The van der Waals surface area contributed by atoms with Crippen molar-refractivity contribution in [3.8, 4) is 0 Å². The third-order valence-corrected chi connectivity index (χ3v) is 6.07. The summed E-state index contributed by atoms with van der Waals surface area (Å²) in [7, 11) is -3.55. The predicted octanol–water partition coefficient (Wildman–Crippen LogP) is 3.17. The van der Waals surface area contributed by atoms with Crippen LogP contribution in [0.5, 0.6) is 0 Å². The quantitative estimate of drug-likeness (QED) is 0.755. The summed E-state index contributed by atoms with van der Waals surface area (Å²) < 4.78 is 26.3. The third-order valence-electron chi connectivity index (χ3n) is 4.01. The number of amides is 1. The monoisotopic (exact) mass is 374 g/mol. The Balaban J connectivity index is 2.15. The van der Waals surface area contributed by atoms with Gasteiger partial charge in [0.2, 0.25) is 10.0 Å². The molecular formula is C19H22N2O4S. The number of ketones is 1. The molecule has 0 aliphatic carbocycles. The number of hydrogen-bond acceptors (Lipinski definition) is 4. The van der Waals surface area contributed by atoms with E-state index in [1.807, 2.05) is 0 Å². The minimum absolute atomic E-state index is 0.0483. The van der Waals surface area contributed by atoms with E-state index in [0.29, 0.717) is 29.9 Å². The van der Waals surface area contributed by atoms with Gasteiger partial charge in [0.25, 0.3) is 5.91 Å². The van der Waals surface area contributed by atoms with Gasteiger partial charge in [0.05, 0.1) is 4.90 Å². The van der Waals surface area contributed by atoms with Gasteiger partial charge in [-0.05, 0) is 55.5 Å². The van der Waals surface area contributed by atoms with Crippen LogP contribution < -0.4 is 5.32 Å². The Morgan fingerprint density at radius 2 is 1.38 bits per heavy atom. The first kappa shape index (κ1) is 19.8. The molecule has 0 aliphatic rings. The van der Waals surface area contributed by atoms with Gasteiger partial charge in [-0.25, -0.2) is 8.42 Å². The molecule has 2 rings (SSSR count). The van der Waals surface area contributed by atoms with Crippen molar-refractivity contribution in [2.75, 3.05) is 18.4 Å². The fourth-order valence-electron chi connectivity index (χ4n) is 2.48. The standard InChI is InChI=1S/C19H22N2O4S/c1-4-21(5-2)26(24,25)18-12-8-16(9-13-18)19(23)20-17-10-6-15(7-11-17)14(3)22/h6-13H,4-5H2,1-3H3,(H,20,23). The minimum atomic E-state index is -3.55. The van der Waals surface area contributed by atoms with E-state index >= 15 is 0 Å². The second-order valence-electron chi connectivity index (χ2n) is 5.70. The van der Waals surface area contributed by atoms with Crippen LogP contribution in [0.4, 0.5) is 5.69 Å². The van der Waals surface area contributed by atoms with E-state index in [1.165, 1.54) is 35.5 Å². The van der Waals surface area contributed by atoms with E-state index in [2.05, 4.69) is 5.32 Å². The molecule has 1 N–H and O–H groups in total. The molecule has 6 nitrogen and oxygen atoms in total. The summed E-state index contributed by atoms with van der Waals surface area (Å²) in [6.07, 6.45) is 0. The number of Topliss-reactive ketones (excluding diaryl/α,β-unsaturated/α-hetero) is 1. The summed E-state index contributed by atoms with van der Waals surface area (Å²) in [6, 6.07) is 12.4. The van der Waals surface area contributed by atoms with Gasteiger partial charge in [0.1, 0.15) is 0 Å². The summed E-state index contributed by atoms with van der Waals surface area (Å²) in [5.74, 6) is -0.403. The van der Waals surface area contributed by atoms with Crippen LogP contribution in [0.25, 0.3) is 0 Å². The van der Waals surface area contributed by atoms with E-state index in [4.69, 9.17) is 0 Å². The lowest BCUT2D eigenvalue weighted by atomic mass is 10.1. The lowest BCUT2D eigenvalue weighted by Gasteiger charge is -2.18. The molecule has 0 fully saturated rings. The molecule has 0 aliphatic heterocycles. The zero-order valence-corrected chi connectivity index (χ0v) is 15.8. The molecule has 0 heterocycles. The van der Waals surface area contributed by atoms with E-state index in [9.17, 15) is 18.0 Å². The largest absolute Gasteiger partial charge is 0.322 e. The Hall–Kier alpha value is -2.51. The van der Waals surface area contributed by atoms with Gasteiger partial charge >= 0.3 is 0 Å². The number of sulfonamides is 1. The average Bonchev–Trinajstić information content (AvgIpc) is 2.63. The highest BCUT2D eigenvalue weighted by Gasteiger charge is 2.21. The summed E-state index contributed by atoms with van der Waals surface area (Å²) in [6.45, 7) is 5.80. The first-order valence-corrected chi connectivity index (χ1v) is 9.76. The van der Waals surface area contributed by atoms with Crippen molar-refractivity contribution in [2.45, 2.75) is 25.7 Å². The molecular weight excluding hydrogens is 352 g/mol. The topological polar surface area (TPSA) is 83.6 Å². The summed E-state index contributed by atoms with van der Waals surface area (Å²) in [5.41, 5.74) is 1.47. The Morgan fingerprint density at radius 1 is 0.885 bits per heavy atom. The van der Waals surface area contributed by atoms with Crippen LogP contribution in [0.15, 0.2) is 53.4 Å². The Kier molecular flexibility index (Phi) is 6.28. The minimum Gasteiger partial charge on any atom is -0.322 e. The van der Waals surface area contributed by atoms with Crippen LogP contribution >= 0.6 is 0 Å². The maximum absolute atomic E-state index is 12.5. The SMILES string of the molecule is CCN(CC)S(=O)(=O)c1ccc(C(=O)Nc2ccc(C(C)=O)cc2)cc1. The Morgan fingerprint density at radius 3 is 1.85 bits per heavy atom. The van der Waals surface area contributed by atoms with E-state index in [-0.39, 0.29) is 16.6 Å². The number of benzene rings is 2. The first-order chi connectivity index (χ1) is 12.3. The molecule has 1 amide bonds. The molecule has 26 heavy (non-hydrogen) atoms. The van der Waals surface area contributed by atoms with Crippen LogP contribution in [0.1, 0.15) is 41.5 Å². The molecule has 2 aromatic rings. The normalized spacial score (nSPS) is 11.4. The Bertz CT molecular complexity index is 884. The van der Waals surface area contributed by atoms with E-state index in [1.54, 1.807) is 38.1 Å². The van der Waals surface area contributed by atoms with Crippen molar-refractivity contribution >= 4 is 27.4 Å². The van der Waals surface area contributed by atoms with Crippen molar-refractivity contribution in [1.82, 2.24) is 4.31 Å². The second kappa shape index (κ2) is 8.25. The van der Waals surface area contributed by atoms with Gasteiger partial charge in [0, 0.05) is 29.9 Å². The number of nitrogens with one attached hydrogen (secondary N) is 1. The third kappa shape index (κ3) is 4.36. The van der Waals surface area contributed by atoms with Gasteiger partial charge in [-0.15, -0.1) is 0 Å².